The van der Waals surface area contributed by atoms with Crippen molar-refractivity contribution in [2.24, 2.45) is 0 Å². The van der Waals surface area contributed by atoms with Gasteiger partial charge in [0.2, 0.25) is 0 Å². The van der Waals surface area contributed by atoms with Crippen molar-refractivity contribution in [1.82, 2.24) is 4.98 Å². The van der Waals surface area contributed by atoms with E-state index in [1.54, 1.807) is 6.07 Å². The largest absolute Gasteiger partial charge is 0.366 e. The second-order valence-corrected chi connectivity index (χ2v) is 4.96. The molecule has 0 fully saturated rings. The van der Waals surface area contributed by atoms with Crippen LogP contribution in [0.3, 0.4) is 0 Å². The van der Waals surface area contributed by atoms with Gasteiger partial charge in [0.25, 0.3) is 0 Å². The van der Waals surface area contributed by atoms with Crippen LogP contribution >= 0.6 is 27.5 Å². The summed E-state index contributed by atoms with van der Waals surface area (Å²) in [4.78, 5) is 4.11. The number of hydrogen-bond donors (Lipinski definition) is 1. The minimum atomic E-state index is 0.311. The van der Waals surface area contributed by atoms with Crippen LogP contribution in [0, 0.1) is 11.3 Å². The number of anilines is 1. The van der Waals surface area contributed by atoms with Crippen LogP contribution < -0.4 is 5.32 Å². The summed E-state index contributed by atoms with van der Waals surface area (Å²) in [7, 11) is 0. The molecule has 0 radical (unpaired) electrons. The van der Waals surface area contributed by atoms with Crippen molar-refractivity contribution < 1.29 is 0 Å². The number of benzene rings is 1. The van der Waals surface area contributed by atoms with E-state index in [-0.39, 0.29) is 0 Å². The van der Waals surface area contributed by atoms with Gasteiger partial charge in [-0.3, -0.25) is 0 Å². The average molecular weight is 323 g/mol. The van der Waals surface area contributed by atoms with Crippen LogP contribution in [0.5, 0.6) is 0 Å². The SMILES string of the molecule is N#Cc1cc(Cl)nc(NCc2cccc(Br)c2)c1. The van der Waals surface area contributed by atoms with Gasteiger partial charge in [0.1, 0.15) is 11.0 Å². The van der Waals surface area contributed by atoms with Crippen LogP contribution in [-0.2, 0) is 6.54 Å². The average Bonchev–Trinajstić information content (AvgIpc) is 2.36. The van der Waals surface area contributed by atoms with Crippen molar-refractivity contribution in [3.8, 4) is 6.07 Å². The fraction of sp³-hybridized carbons (Fsp3) is 0.0769. The Morgan fingerprint density at radius 2 is 2.17 bits per heavy atom. The topological polar surface area (TPSA) is 48.7 Å². The van der Waals surface area contributed by atoms with E-state index < -0.39 is 0 Å². The lowest BCUT2D eigenvalue weighted by atomic mass is 10.2. The van der Waals surface area contributed by atoms with Crippen molar-refractivity contribution in [3.05, 3.63) is 57.2 Å². The maximum absolute atomic E-state index is 8.84. The van der Waals surface area contributed by atoms with E-state index in [4.69, 9.17) is 16.9 Å². The molecule has 2 aromatic rings. The van der Waals surface area contributed by atoms with Crippen LogP contribution in [0.1, 0.15) is 11.1 Å². The first-order chi connectivity index (χ1) is 8.67. The van der Waals surface area contributed by atoms with Gasteiger partial charge >= 0.3 is 0 Å². The number of hydrogen-bond acceptors (Lipinski definition) is 3. The molecule has 0 saturated carbocycles. The van der Waals surface area contributed by atoms with Crippen molar-refractivity contribution in [2.75, 3.05) is 5.32 Å². The molecule has 0 unspecified atom stereocenters. The molecular weight excluding hydrogens is 314 g/mol. The molecule has 0 amide bonds. The number of halogens is 2. The summed E-state index contributed by atoms with van der Waals surface area (Å²) < 4.78 is 1.03. The van der Waals surface area contributed by atoms with E-state index in [9.17, 15) is 0 Å². The predicted octanol–water partition coefficient (Wildman–Crippen LogP) is 3.98. The van der Waals surface area contributed by atoms with Gasteiger partial charge in [-0.2, -0.15) is 5.26 Å². The summed E-state index contributed by atoms with van der Waals surface area (Å²) in [5.41, 5.74) is 1.61. The summed E-state index contributed by atoms with van der Waals surface area (Å²) in [5, 5.41) is 12.3. The molecule has 1 aromatic heterocycles. The van der Waals surface area contributed by atoms with Gasteiger partial charge in [-0.25, -0.2) is 4.98 Å². The maximum atomic E-state index is 8.84. The van der Waals surface area contributed by atoms with E-state index in [1.165, 1.54) is 6.07 Å². The highest BCUT2D eigenvalue weighted by Gasteiger charge is 2.01. The fourth-order valence-electron chi connectivity index (χ4n) is 1.49. The highest BCUT2D eigenvalue weighted by atomic mass is 79.9. The Morgan fingerprint density at radius 1 is 1.33 bits per heavy atom. The van der Waals surface area contributed by atoms with Gasteiger partial charge in [-0.05, 0) is 29.8 Å². The van der Waals surface area contributed by atoms with Gasteiger partial charge < -0.3 is 5.32 Å². The van der Waals surface area contributed by atoms with Crippen molar-refractivity contribution in [1.29, 1.82) is 5.26 Å². The molecule has 1 aromatic carbocycles. The Balaban J connectivity index is 2.11. The molecule has 0 aliphatic heterocycles. The molecular formula is C13H9BrClN3. The van der Waals surface area contributed by atoms with Gasteiger partial charge in [-0.1, -0.05) is 39.7 Å². The van der Waals surface area contributed by atoms with Gasteiger partial charge in [0.05, 0.1) is 11.6 Å². The van der Waals surface area contributed by atoms with Gasteiger partial charge in [-0.15, -0.1) is 0 Å². The number of nitriles is 1. The van der Waals surface area contributed by atoms with Crippen LogP contribution in [0.2, 0.25) is 5.15 Å². The van der Waals surface area contributed by atoms with Crippen molar-refractivity contribution >= 4 is 33.3 Å². The molecule has 0 aliphatic rings. The Labute approximate surface area is 119 Å². The first-order valence-electron chi connectivity index (χ1n) is 5.23. The van der Waals surface area contributed by atoms with Crippen LogP contribution in [-0.4, -0.2) is 4.98 Å². The zero-order valence-electron chi connectivity index (χ0n) is 9.32. The molecule has 0 aliphatic carbocycles. The van der Waals surface area contributed by atoms with E-state index in [0.717, 1.165) is 10.0 Å². The Bertz CT molecular complexity index is 607. The molecule has 3 nitrogen and oxygen atoms in total. The fourth-order valence-corrected chi connectivity index (χ4v) is 2.15. The van der Waals surface area contributed by atoms with E-state index in [1.807, 2.05) is 30.3 Å². The molecule has 18 heavy (non-hydrogen) atoms. The number of nitrogens with zero attached hydrogens (tertiary/aromatic N) is 2. The van der Waals surface area contributed by atoms with Crippen molar-refractivity contribution in [2.45, 2.75) is 6.54 Å². The summed E-state index contributed by atoms with van der Waals surface area (Å²) in [6.45, 7) is 0.623. The third-order valence-electron chi connectivity index (χ3n) is 2.29. The molecule has 0 spiro atoms. The van der Waals surface area contributed by atoms with E-state index >= 15 is 0 Å². The molecule has 0 atom stereocenters. The van der Waals surface area contributed by atoms with Crippen LogP contribution in [0.4, 0.5) is 5.82 Å². The summed E-state index contributed by atoms with van der Waals surface area (Å²) in [5.74, 6) is 0.596. The molecule has 1 heterocycles. The zero-order valence-corrected chi connectivity index (χ0v) is 11.7. The second kappa shape index (κ2) is 5.85. The monoisotopic (exact) mass is 321 g/mol. The lowest BCUT2D eigenvalue weighted by Gasteiger charge is -2.06. The number of rotatable bonds is 3. The minimum absolute atomic E-state index is 0.311. The molecule has 0 saturated heterocycles. The lowest BCUT2D eigenvalue weighted by molar-refractivity contribution is 1.11. The highest BCUT2D eigenvalue weighted by Crippen LogP contribution is 2.16. The number of aromatic nitrogens is 1. The zero-order chi connectivity index (χ0) is 13.0. The smallest absolute Gasteiger partial charge is 0.132 e. The molecule has 2 rings (SSSR count). The third kappa shape index (κ3) is 3.46. The van der Waals surface area contributed by atoms with Gasteiger partial charge in [0.15, 0.2) is 0 Å². The standard InChI is InChI=1S/C13H9BrClN3/c14-11-3-1-2-9(4-11)8-17-13-6-10(7-16)5-12(15)18-13/h1-6H,8H2,(H,17,18). The molecule has 5 heteroatoms. The van der Waals surface area contributed by atoms with E-state index in [2.05, 4.69) is 26.2 Å². The minimum Gasteiger partial charge on any atom is -0.366 e. The van der Waals surface area contributed by atoms with E-state index in [0.29, 0.717) is 23.1 Å². The Morgan fingerprint density at radius 3 is 2.89 bits per heavy atom. The highest BCUT2D eigenvalue weighted by molar-refractivity contribution is 9.10. The molecule has 90 valence electrons. The second-order valence-electron chi connectivity index (χ2n) is 3.66. The lowest BCUT2D eigenvalue weighted by Crippen LogP contribution is -2.01. The summed E-state index contributed by atoms with van der Waals surface area (Å²) >= 11 is 9.24. The predicted molar refractivity (Wildman–Crippen MR) is 75.4 cm³/mol. The molecule has 1 N–H and O–H groups in total. The number of nitrogens with one attached hydrogen (secondary N) is 1. The normalized spacial score (nSPS) is 9.83. The Kier molecular flexibility index (Phi) is 4.19. The van der Waals surface area contributed by atoms with Gasteiger partial charge in [0, 0.05) is 11.0 Å². The first kappa shape index (κ1) is 12.9. The molecule has 0 bridgehead atoms. The summed E-state index contributed by atoms with van der Waals surface area (Å²) in [6, 6.07) is 13.2. The maximum Gasteiger partial charge on any atom is 0.132 e. The van der Waals surface area contributed by atoms with Crippen LogP contribution in [0.25, 0.3) is 0 Å². The quantitative estimate of drug-likeness (QED) is 0.870. The Hall–Kier alpha value is -1.57. The third-order valence-corrected chi connectivity index (χ3v) is 2.97. The number of pyridine rings is 1. The summed E-state index contributed by atoms with van der Waals surface area (Å²) in [6.07, 6.45) is 0. The first-order valence-corrected chi connectivity index (χ1v) is 6.40. The van der Waals surface area contributed by atoms with Crippen LogP contribution in [0.15, 0.2) is 40.9 Å². The van der Waals surface area contributed by atoms with Crippen molar-refractivity contribution in [3.63, 3.8) is 0 Å².